The van der Waals surface area contributed by atoms with Gasteiger partial charge in [0.05, 0.1) is 11.4 Å². The summed E-state index contributed by atoms with van der Waals surface area (Å²) in [6.07, 6.45) is 1.83. The summed E-state index contributed by atoms with van der Waals surface area (Å²) in [5.41, 5.74) is 2.34. The number of hydrogen-bond acceptors (Lipinski definition) is 3. The van der Waals surface area contributed by atoms with Crippen LogP contribution >= 0.6 is 0 Å². The lowest BCUT2D eigenvalue weighted by Gasteiger charge is -2.05. The molecule has 2 aromatic rings. The first kappa shape index (κ1) is 14.7. The number of rotatable bonds is 5. The van der Waals surface area contributed by atoms with Crippen molar-refractivity contribution < 1.29 is 8.42 Å². The molecule has 0 fully saturated rings. The fraction of sp³-hybridized carbons (Fsp3) is 0.357. The van der Waals surface area contributed by atoms with Gasteiger partial charge in [-0.3, -0.25) is 4.68 Å². The molecule has 0 radical (unpaired) electrons. The molecular formula is C14H19N3O2S. The first-order chi connectivity index (χ1) is 9.39. The summed E-state index contributed by atoms with van der Waals surface area (Å²) in [7, 11) is -3.70. The summed E-state index contributed by atoms with van der Waals surface area (Å²) in [5, 5.41) is 9.48. The van der Waals surface area contributed by atoms with Gasteiger partial charge < -0.3 is 0 Å². The summed E-state index contributed by atoms with van der Waals surface area (Å²) < 4.78 is 24.7. The largest absolute Gasteiger partial charge is 0.268 e. The molecule has 0 amide bonds. The highest BCUT2D eigenvalue weighted by atomic mass is 32.2. The van der Waals surface area contributed by atoms with Crippen LogP contribution in [-0.2, 0) is 23.0 Å². The second-order valence-electron chi connectivity index (χ2n) is 4.86. The highest BCUT2D eigenvalue weighted by molar-refractivity contribution is 7.89. The van der Waals surface area contributed by atoms with Crippen molar-refractivity contribution in [1.82, 2.24) is 9.78 Å². The second-order valence-corrected chi connectivity index (χ2v) is 6.36. The predicted octanol–water partition coefficient (Wildman–Crippen LogP) is 1.78. The number of nitrogens with two attached hydrogens (primary N) is 1. The maximum Gasteiger partial charge on any atom is 0.241 e. The molecule has 0 atom stereocenters. The van der Waals surface area contributed by atoms with Crippen LogP contribution in [0.4, 0.5) is 0 Å². The smallest absolute Gasteiger partial charge is 0.241 e. The molecule has 0 aliphatic rings. The zero-order valence-corrected chi connectivity index (χ0v) is 12.5. The van der Waals surface area contributed by atoms with Gasteiger partial charge in [-0.15, -0.1) is 0 Å². The molecule has 2 rings (SSSR count). The Labute approximate surface area is 119 Å². The molecule has 0 unspecified atom stereocenters. The highest BCUT2D eigenvalue weighted by Crippen LogP contribution is 2.18. The molecule has 0 bridgehead atoms. The summed E-state index contributed by atoms with van der Waals surface area (Å²) >= 11 is 0. The number of aryl methyl sites for hydroxylation is 3. The third-order valence-electron chi connectivity index (χ3n) is 3.28. The van der Waals surface area contributed by atoms with Crippen LogP contribution in [0.25, 0.3) is 0 Å². The maximum absolute atomic E-state index is 11.5. The van der Waals surface area contributed by atoms with Crippen LogP contribution < -0.4 is 5.14 Å². The van der Waals surface area contributed by atoms with Crippen molar-refractivity contribution >= 4 is 10.0 Å². The monoisotopic (exact) mass is 293 g/mol. The lowest BCUT2D eigenvalue weighted by Crippen LogP contribution is -2.14. The van der Waals surface area contributed by atoms with E-state index in [1.165, 1.54) is 5.56 Å². The fourth-order valence-electron chi connectivity index (χ4n) is 2.39. The van der Waals surface area contributed by atoms with Crippen molar-refractivity contribution in [3.05, 3.63) is 47.3 Å². The zero-order chi connectivity index (χ0) is 14.8. The lowest BCUT2D eigenvalue weighted by molar-refractivity contribution is 0.559. The Balaban J connectivity index is 2.08. The van der Waals surface area contributed by atoms with E-state index in [9.17, 15) is 8.42 Å². The van der Waals surface area contributed by atoms with E-state index in [1.807, 2.05) is 18.2 Å². The number of benzene rings is 1. The maximum atomic E-state index is 11.5. The van der Waals surface area contributed by atoms with Gasteiger partial charge in [0.25, 0.3) is 0 Å². The van der Waals surface area contributed by atoms with Gasteiger partial charge in [-0.2, -0.15) is 5.10 Å². The van der Waals surface area contributed by atoms with Gasteiger partial charge in [-0.05, 0) is 32.3 Å². The molecule has 5 nitrogen and oxygen atoms in total. The van der Waals surface area contributed by atoms with Crippen molar-refractivity contribution in [2.24, 2.45) is 5.14 Å². The highest BCUT2D eigenvalue weighted by Gasteiger charge is 2.20. The number of primary sulfonamides is 1. The number of sulfonamides is 1. The van der Waals surface area contributed by atoms with E-state index in [1.54, 1.807) is 18.5 Å². The molecule has 0 spiro atoms. The summed E-state index contributed by atoms with van der Waals surface area (Å²) in [4.78, 5) is 0.150. The molecule has 1 heterocycles. The summed E-state index contributed by atoms with van der Waals surface area (Å²) in [6, 6.07) is 10.2. The van der Waals surface area contributed by atoms with Crippen molar-refractivity contribution in [2.45, 2.75) is 38.1 Å². The van der Waals surface area contributed by atoms with E-state index < -0.39 is 10.0 Å². The van der Waals surface area contributed by atoms with Crippen LogP contribution in [-0.4, -0.2) is 18.2 Å². The molecule has 0 saturated heterocycles. The van der Waals surface area contributed by atoms with Crippen molar-refractivity contribution in [3.63, 3.8) is 0 Å². The Kier molecular flexibility index (Phi) is 4.25. The van der Waals surface area contributed by atoms with Crippen LogP contribution in [0.5, 0.6) is 0 Å². The van der Waals surface area contributed by atoms with Crippen molar-refractivity contribution in [2.75, 3.05) is 0 Å². The van der Waals surface area contributed by atoms with Crippen LogP contribution in [0.3, 0.4) is 0 Å². The predicted molar refractivity (Wildman–Crippen MR) is 77.8 cm³/mol. The molecule has 0 aliphatic carbocycles. The average molecular weight is 293 g/mol. The third kappa shape index (κ3) is 3.26. The minimum Gasteiger partial charge on any atom is -0.268 e. The standard InChI is InChI=1S/C14H19N3O2S/c1-11-14(20(15,18)19)12(2)17(16-11)10-6-9-13-7-4-3-5-8-13/h3-5,7-8H,6,9-10H2,1-2H3,(H2,15,18,19). The molecule has 6 heteroatoms. The van der Waals surface area contributed by atoms with E-state index in [0.29, 0.717) is 17.9 Å². The third-order valence-corrected chi connectivity index (χ3v) is 4.44. The number of hydrogen-bond donors (Lipinski definition) is 1. The van der Waals surface area contributed by atoms with Gasteiger partial charge in [0.15, 0.2) is 0 Å². The number of aromatic nitrogens is 2. The van der Waals surface area contributed by atoms with Crippen molar-refractivity contribution in [3.8, 4) is 0 Å². The first-order valence-corrected chi connectivity index (χ1v) is 8.05. The molecule has 1 aromatic carbocycles. The van der Waals surface area contributed by atoms with Crippen LogP contribution in [0.15, 0.2) is 35.2 Å². The van der Waals surface area contributed by atoms with E-state index in [-0.39, 0.29) is 4.90 Å². The SMILES string of the molecule is Cc1nn(CCCc2ccccc2)c(C)c1S(N)(=O)=O. The van der Waals surface area contributed by atoms with Crippen LogP contribution in [0.2, 0.25) is 0 Å². The van der Waals surface area contributed by atoms with E-state index in [0.717, 1.165) is 12.8 Å². The van der Waals surface area contributed by atoms with Crippen LogP contribution in [0.1, 0.15) is 23.4 Å². The van der Waals surface area contributed by atoms with Gasteiger partial charge in [0.1, 0.15) is 4.90 Å². The first-order valence-electron chi connectivity index (χ1n) is 6.50. The van der Waals surface area contributed by atoms with Gasteiger partial charge in [0, 0.05) is 6.54 Å². The van der Waals surface area contributed by atoms with Gasteiger partial charge >= 0.3 is 0 Å². The normalized spacial score (nSPS) is 11.8. The Hall–Kier alpha value is -1.66. The molecule has 2 N–H and O–H groups in total. The van der Waals surface area contributed by atoms with Gasteiger partial charge in [-0.1, -0.05) is 30.3 Å². The molecular weight excluding hydrogens is 274 g/mol. The Morgan fingerprint density at radius 2 is 1.85 bits per heavy atom. The molecule has 108 valence electrons. The van der Waals surface area contributed by atoms with Crippen molar-refractivity contribution in [1.29, 1.82) is 0 Å². The number of nitrogens with zero attached hydrogens (tertiary/aromatic N) is 2. The zero-order valence-electron chi connectivity index (χ0n) is 11.7. The quantitative estimate of drug-likeness (QED) is 0.912. The molecule has 20 heavy (non-hydrogen) atoms. The summed E-state index contributed by atoms with van der Waals surface area (Å²) in [6.45, 7) is 4.08. The van der Waals surface area contributed by atoms with Gasteiger partial charge in [-0.25, -0.2) is 13.6 Å². The molecule has 1 aromatic heterocycles. The minimum absolute atomic E-state index is 0.150. The Bertz CT molecular complexity index is 691. The van der Waals surface area contributed by atoms with E-state index in [4.69, 9.17) is 5.14 Å². The summed E-state index contributed by atoms with van der Waals surface area (Å²) in [5.74, 6) is 0. The molecule has 0 saturated carbocycles. The topological polar surface area (TPSA) is 78.0 Å². The second kappa shape index (κ2) is 5.76. The van der Waals surface area contributed by atoms with Crippen LogP contribution in [0, 0.1) is 13.8 Å². The Morgan fingerprint density at radius 1 is 1.20 bits per heavy atom. The van der Waals surface area contributed by atoms with E-state index in [2.05, 4.69) is 17.2 Å². The fourth-order valence-corrected chi connectivity index (χ4v) is 3.36. The Morgan fingerprint density at radius 3 is 2.40 bits per heavy atom. The average Bonchev–Trinajstić information content (AvgIpc) is 2.65. The minimum atomic E-state index is -3.70. The lowest BCUT2D eigenvalue weighted by atomic mass is 10.1. The van der Waals surface area contributed by atoms with Gasteiger partial charge in [0.2, 0.25) is 10.0 Å². The molecule has 0 aliphatic heterocycles. The van der Waals surface area contributed by atoms with E-state index >= 15 is 0 Å².